The van der Waals surface area contributed by atoms with E-state index >= 15 is 0 Å². The molecule has 0 radical (unpaired) electrons. The van der Waals surface area contributed by atoms with Crippen LogP contribution in [0.15, 0.2) is 48.5 Å². The van der Waals surface area contributed by atoms with Gasteiger partial charge in [0.1, 0.15) is 0 Å². The second-order valence-electron chi connectivity index (χ2n) is 5.05. The zero-order valence-corrected chi connectivity index (χ0v) is 13.3. The summed E-state index contributed by atoms with van der Waals surface area (Å²) in [6.45, 7) is 3.30. The molecule has 1 amide bonds. The third-order valence-electron chi connectivity index (χ3n) is 3.09. The molecule has 0 aliphatic carbocycles. The van der Waals surface area contributed by atoms with Crippen molar-refractivity contribution < 1.29 is 13.2 Å². The Morgan fingerprint density at radius 1 is 1.00 bits per heavy atom. The minimum Gasteiger partial charge on any atom is -0.326 e. The van der Waals surface area contributed by atoms with Crippen molar-refractivity contribution in [3.05, 3.63) is 59.7 Å². The molecule has 0 aliphatic rings. The predicted molar refractivity (Wildman–Crippen MR) is 88.2 cm³/mol. The molecule has 0 spiro atoms. The monoisotopic (exact) mass is 318 g/mol. The van der Waals surface area contributed by atoms with Gasteiger partial charge in [0.2, 0.25) is 15.9 Å². The number of carbonyl (C=O) groups excluding carboxylic acids is 1. The van der Waals surface area contributed by atoms with E-state index in [4.69, 9.17) is 0 Å². The van der Waals surface area contributed by atoms with Crippen LogP contribution in [0.5, 0.6) is 0 Å². The fraction of sp³-hybridized carbons (Fsp3) is 0.188. The van der Waals surface area contributed by atoms with E-state index in [1.54, 1.807) is 30.3 Å². The normalized spacial score (nSPS) is 11.0. The second kappa shape index (κ2) is 6.62. The molecule has 116 valence electrons. The second-order valence-corrected chi connectivity index (χ2v) is 6.77. The molecule has 0 fully saturated rings. The maximum Gasteiger partial charge on any atom is 0.236 e. The van der Waals surface area contributed by atoms with Gasteiger partial charge in [-0.2, -0.15) is 0 Å². The highest BCUT2D eigenvalue weighted by atomic mass is 32.2. The highest BCUT2D eigenvalue weighted by Gasteiger charge is 2.13. The van der Waals surface area contributed by atoms with Crippen molar-refractivity contribution in [2.45, 2.75) is 19.6 Å². The Labute approximate surface area is 130 Å². The zero-order valence-electron chi connectivity index (χ0n) is 12.5. The molecule has 5 nitrogen and oxygen atoms in total. The lowest BCUT2D eigenvalue weighted by Gasteiger charge is -2.10. The van der Waals surface area contributed by atoms with Crippen LogP contribution in [-0.2, 0) is 20.6 Å². The molecule has 0 saturated carbocycles. The minimum absolute atomic E-state index is 0.0763. The Morgan fingerprint density at radius 2 is 1.59 bits per heavy atom. The van der Waals surface area contributed by atoms with Crippen LogP contribution in [0.3, 0.4) is 0 Å². The summed E-state index contributed by atoms with van der Waals surface area (Å²) >= 11 is 0. The van der Waals surface area contributed by atoms with Crippen molar-refractivity contribution in [3.8, 4) is 0 Å². The number of sulfonamides is 1. The van der Waals surface area contributed by atoms with Gasteiger partial charge in [0.05, 0.1) is 5.75 Å². The summed E-state index contributed by atoms with van der Waals surface area (Å²) in [4.78, 5) is 10.9. The number of amides is 1. The molecule has 2 aromatic carbocycles. The molecule has 0 saturated heterocycles. The Balaban J connectivity index is 2.09. The van der Waals surface area contributed by atoms with E-state index in [2.05, 4.69) is 10.0 Å². The summed E-state index contributed by atoms with van der Waals surface area (Å²) in [5.41, 5.74) is 2.79. The van der Waals surface area contributed by atoms with Gasteiger partial charge in [0.15, 0.2) is 0 Å². The molecule has 0 unspecified atom stereocenters. The first-order valence-corrected chi connectivity index (χ1v) is 8.43. The quantitative estimate of drug-likeness (QED) is 0.890. The van der Waals surface area contributed by atoms with Crippen LogP contribution in [0.2, 0.25) is 0 Å². The van der Waals surface area contributed by atoms with Crippen molar-refractivity contribution in [3.63, 3.8) is 0 Å². The van der Waals surface area contributed by atoms with Crippen LogP contribution < -0.4 is 10.0 Å². The summed E-state index contributed by atoms with van der Waals surface area (Å²) in [6.07, 6.45) is 0. The van der Waals surface area contributed by atoms with Gasteiger partial charge < -0.3 is 5.32 Å². The van der Waals surface area contributed by atoms with Gasteiger partial charge in [0.25, 0.3) is 0 Å². The molecule has 2 rings (SSSR count). The van der Waals surface area contributed by atoms with Gasteiger partial charge in [-0.25, -0.2) is 8.42 Å². The fourth-order valence-electron chi connectivity index (χ4n) is 2.02. The highest BCUT2D eigenvalue weighted by Crippen LogP contribution is 2.17. The molecule has 0 aliphatic heterocycles. The molecule has 0 atom stereocenters. The van der Waals surface area contributed by atoms with Crippen LogP contribution in [0.4, 0.5) is 11.4 Å². The van der Waals surface area contributed by atoms with Gasteiger partial charge >= 0.3 is 0 Å². The topological polar surface area (TPSA) is 75.3 Å². The lowest BCUT2D eigenvalue weighted by molar-refractivity contribution is -0.114. The summed E-state index contributed by atoms with van der Waals surface area (Å²) < 4.78 is 26.9. The van der Waals surface area contributed by atoms with E-state index < -0.39 is 10.0 Å². The number of hydrogen-bond donors (Lipinski definition) is 2. The summed E-state index contributed by atoms with van der Waals surface area (Å²) in [5.74, 6) is -0.250. The Morgan fingerprint density at radius 3 is 2.18 bits per heavy atom. The minimum atomic E-state index is -3.48. The molecule has 6 heteroatoms. The number of carbonyl (C=O) groups is 1. The lowest BCUT2D eigenvalue weighted by atomic mass is 10.1. The average molecular weight is 318 g/mol. The first-order chi connectivity index (χ1) is 10.4. The Hall–Kier alpha value is -2.34. The number of rotatable bonds is 5. The third kappa shape index (κ3) is 4.60. The number of aryl methyl sites for hydroxylation is 1. The largest absolute Gasteiger partial charge is 0.326 e. The third-order valence-corrected chi connectivity index (χ3v) is 4.32. The first kappa shape index (κ1) is 16.0. The molecule has 2 N–H and O–H groups in total. The van der Waals surface area contributed by atoms with E-state index in [9.17, 15) is 13.2 Å². The van der Waals surface area contributed by atoms with E-state index in [0.29, 0.717) is 11.4 Å². The van der Waals surface area contributed by atoms with Crippen molar-refractivity contribution >= 4 is 27.3 Å². The van der Waals surface area contributed by atoms with Gasteiger partial charge in [0, 0.05) is 18.3 Å². The van der Waals surface area contributed by atoms with Crippen LogP contribution in [0.25, 0.3) is 0 Å². The molecule has 2 aromatic rings. The van der Waals surface area contributed by atoms with E-state index in [1.165, 1.54) is 6.92 Å². The molecular formula is C16H18N2O3S. The van der Waals surface area contributed by atoms with E-state index in [-0.39, 0.29) is 11.7 Å². The molecular weight excluding hydrogens is 300 g/mol. The average Bonchev–Trinajstić information content (AvgIpc) is 2.42. The van der Waals surface area contributed by atoms with E-state index in [1.807, 2.05) is 25.1 Å². The molecule has 0 bridgehead atoms. The first-order valence-electron chi connectivity index (χ1n) is 6.78. The predicted octanol–water partition coefficient (Wildman–Crippen LogP) is 2.90. The summed E-state index contributed by atoms with van der Waals surface area (Å²) in [5, 5.41) is 2.63. The SMILES string of the molecule is CC(=O)Nc1ccc(NS(=O)(=O)Cc2ccccc2C)cc1. The van der Waals surface area contributed by atoms with Crippen LogP contribution in [-0.4, -0.2) is 14.3 Å². The van der Waals surface area contributed by atoms with Crippen LogP contribution in [0, 0.1) is 6.92 Å². The van der Waals surface area contributed by atoms with Crippen LogP contribution in [0.1, 0.15) is 18.1 Å². The van der Waals surface area contributed by atoms with Gasteiger partial charge in [-0.1, -0.05) is 24.3 Å². The number of anilines is 2. The van der Waals surface area contributed by atoms with Crippen LogP contribution >= 0.6 is 0 Å². The number of hydrogen-bond acceptors (Lipinski definition) is 3. The highest BCUT2D eigenvalue weighted by molar-refractivity contribution is 7.91. The molecule has 22 heavy (non-hydrogen) atoms. The van der Waals surface area contributed by atoms with Gasteiger partial charge in [-0.15, -0.1) is 0 Å². The standard InChI is InChI=1S/C16H18N2O3S/c1-12-5-3-4-6-14(12)11-22(20,21)18-16-9-7-15(8-10-16)17-13(2)19/h3-10,18H,11H2,1-2H3,(H,17,19). The smallest absolute Gasteiger partial charge is 0.236 e. The number of benzene rings is 2. The fourth-order valence-corrected chi connectivity index (χ4v) is 3.32. The lowest BCUT2D eigenvalue weighted by Crippen LogP contribution is -2.15. The van der Waals surface area contributed by atoms with Gasteiger partial charge in [-0.3, -0.25) is 9.52 Å². The Kier molecular flexibility index (Phi) is 4.82. The molecule has 0 aromatic heterocycles. The summed E-state index contributed by atoms with van der Waals surface area (Å²) in [7, 11) is -3.48. The summed E-state index contributed by atoms with van der Waals surface area (Å²) in [6, 6.07) is 13.9. The zero-order chi connectivity index (χ0) is 16.2. The van der Waals surface area contributed by atoms with Gasteiger partial charge in [-0.05, 0) is 42.3 Å². The van der Waals surface area contributed by atoms with E-state index in [0.717, 1.165) is 11.1 Å². The number of nitrogens with one attached hydrogen (secondary N) is 2. The Bertz CT molecular complexity index is 768. The van der Waals surface area contributed by atoms with Crippen molar-refractivity contribution in [1.29, 1.82) is 0 Å². The maximum atomic E-state index is 12.2. The maximum absolute atomic E-state index is 12.2. The van der Waals surface area contributed by atoms with Crippen molar-refractivity contribution in [1.82, 2.24) is 0 Å². The molecule has 0 heterocycles. The van der Waals surface area contributed by atoms with Crippen molar-refractivity contribution in [2.24, 2.45) is 0 Å². The van der Waals surface area contributed by atoms with Crippen molar-refractivity contribution in [2.75, 3.05) is 10.0 Å².